The van der Waals surface area contributed by atoms with Crippen molar-refractivity contribution in [2.24, 2.45) is 4.99 Å². The lowest BCUT2D eigenvalue weighted by Crippen LogP contribution is -2.40. The molecule has 3 rings (SSSR count). The summed E-state index contributed by atoms with van der Waals surface area (Å²) in [7, 11) is 3.54. The van der Waals surface area contributed by atoms with E-state index < -0.39 is 0 Å². The SMILES string of the molecule is CN=C(NCc1sc(C)nc1C)NC1CC1(C)c1ccccc1OC.I. The lowest BCUT2D eigenvalue weighted by atomic mass is 9.96. The zero-order valence-electron chi connectivity index (χ0n) is 15.9. The first-order chi connectivity index (χ1) is 12.0. The van der Waals surface area contributed by atoms with Gasteiger partial charge in [-0.2, -0.15) is 0 Å². The van der Waals surface area contributed by atoms with Crippen molar-refractivity contribution in [3.63, 3.8) is 0 Å². The molecule has 142 valence electrons. The second-order valence-corrected chi connectivity index (χ2v) is 7.97. The number of benzene rings is 1. The number of aliphatic imine (C=N–C) groups is 1. The van der Waals surface area contributed by atoms with Crippen LogP contribution in [0, 0.1) is 13.8 Å². The third-order valence-corrected chi connectivity index (χ3v) is 5.98. The highest BCUT2D eigenvalue weighted by Gasteiger charge is 2.53. The monoisotopic (exact) mass is 486 g/mol. The minimum absolute atomic E-state index is 0. The van der Waals surface area contributed by atoms with E-state index in [2.05, 4.69) is 46.6 Å². The molecule has 2 aromatic rings. The van der Waals surface area contributed by atoms with Crippen LogP contribution in [0.25, 0.3) is 0 Å². The molecular weight excluding hydrogens is 459 g/mol. The van der Waals surface area contributed by atoms with E-state index in [1.165, 1.54) is 10.4 Å². The third-order valence-electron chi connectivity index (χ3n) is 4.91. The van der Waals surface area contributed by atoms with Crippen molar-refractivity contribution in [1.82, 2.24) is 15.6 Å². The Labute approximate surface area is 176 Å². The van der Waals surface area contributed by atoms with Crippen LogP contribution in [0.3, 0.4) is 0 Å². The molecule has 0 bridgehead atoms. The average molecular weight is 486 g/mol. The molecule has 1 aliphatic carbocycles. The van der Waals surface area contributed by atoms with Gasteiger partial charge in [0.1, 0.15) is 5.75 Å². The van der Waals surface area contributed by atoms with Gasteiger partial charge in [0.2, 0.25) is 0 Å². The molecule has 0 radical (unpaired) electrons. The molecule has 2 unspecified atom stereocenters. The van der Waals surface area contributed by atoms with Crippen LogP contribution in [0.1, 0.15) is 34.5 Å². The van der Waals surface area contributed by atoms with Gasteiger partial charge in [-0.3, -0.25) is 4.99 Å². The first-order valence-corrected chi connectivity index (χ1v) is 9.33. The summed E-state index contributed by atoms with van der Waals surface area (Å²) in [5.41, 5.74) is 2.41. The van der Waals surface area contributed by atoms with Crippen molar-refractivity contribution in [3.05, 3.63) is 45.4 Å². The van der Waals surface area contributed by atoms with Gasteiger partial charge in [0.05, 0.1) is 24.4 Å². The molecule has 1 aromatic heterocycles. The van der Waals surface area contributed by atoms with Crippen LogP contribution in [-0.4, -0.2) is 31.1 Å². The summed E-state index contributed by atoms with van der Waals surface area (Å²) in [4.78, 5) is 10.1. The highest BCUT2D eigenvalue weighted by atomic mass is 127. The zero-order chi connectivity index (χ0) is 18.0. The Morgan fingerprint density at radius 2 is 2.12 bits per heavy atom. The summed E-state index contributed by atoms with van der Waals surface area (Å²) in [6.45, 7) is 7.11. The van der Waals surface area contributed by atoms with Crippen LogP contribution in [0.4, 0.5) is 0 Å². The van der Waals surface area contributed by atoms with E-state index in [4.69, 9.17) is 4.74 Å². The second-order valence-electron chi connectivity index (χ2n) is 6.69. The van der Waals surface area contributed by atoms with Crippen molar-refractivity contribution >= 4 is 41.3 Å². The maximum absolute atomic E-state index is 5.53. The van der Waals surface area contributed by atoms with E-state index in [1.54, 1.807) is 18.4 Å². The van der Waals surface area contributed by atoms with Crippen LogP contribution in [0.15, 0.2) is 29.3 Å². The van der Waals surface area contributed by atoms with Gasteiger partial charge in [0, 0.05) is 28.9 Å². The maximum atomic E-state index is 5.53. The zero-order valence-corrected chi connectivity index (χ0v) is 19.1. The molecule has 1 fully saturated rings. The number of aromatic nitrogens is 1. The number of guanidine groups is 1. The number of para-hydroxylation sites is 1. The number of aryl methyl sites for hydroxylation is 2. The third kappa shape index (κ3) is 4.31. The van der Waals surface area contributed by atoms with Gasteiger partial charge < -0.3 is 15.4 Å². The predicted octanol–water partition coefficient (Wildman–Crippen LogP) is 3.78. The Morgan fingerprint density at radius 1 is 1.38 bits per heavy atom. The summed E-state index contributed by atoms with van der Waals surface area (Å²) >= 11 is 1.73. The number of halogens is 1. The Balaban J connectivity index is 0.00000243. The fraction of sp³-hybridized carbons (Fsp3) is 0.474. The average Bonchev–Trinajstić information content (AvgIpc) is 3.15. The standard InChI is InChI=1S/C19H26N4OS.HI/c1-12-16(25-13(2)22-12)11-21-18(20-4)23-17-10-19(17,3)14-8-6-7-9-15(14)24-5;/h6-9,17H,10-11H2,1-5H3,(H2,20,21,23);1H. The normalized spacial score (nSPS) is 21.7. The van der Waals surface area contributed by atoms with Gasteiger partial charge in [-0.25, -0.2) is 4.98 Å². The molecule has 1 aromatic carbocycles. The lowest BCUT2D eigenvalue weighted by Gasteiger charge is -2.18. The van der Waals surface area contributed by atoms with Gasteiger partial charge in [0.25, 0.3) is 0 Å². The molecule has 0 saturated heterocycles. The number of hydrogen-bond acceptors (Lipinski definition) is 4. The smallest absolute Gasteiger partial charge is 0.191 e. The number of nitrogens with zero attached hydrogens (tertiary/aromatic N) is 2. The molecular formula is C19H27IN4OS. The molecule has 2 atom stereocenters. The maximum Gasteiger partial charge on any atom is 0.191 e. The molecule has 5 nitrogen and oxygen atoms in total. The van der Waals surface area contributed by atoms with Crippen molar-refractivity contribution in [1.29, 1.82) is 0 Å². The summed E-state index contributed by atoms with van der Waals surface area (Å²) in [6, 6.07) is 8.61. The van der Waals surface area contributed by atoms with E-state index in [0.717, 1.165) is 35.4 Å². The quantitative estimate of drug-likeness (QED) is 0.384. The van der Waals surface area contributed by atoms with Crippen LogP contribution < -0.4 is 15.4 Å². The largest absolute Gasteiger partial charge is 0.496 e. The summed E-state index contributed by atoms with van der Waals surface area (Å²) < 4.78 is 5.53. The lowest BCUT2D eigenvalue weighted by molar-refractivity contribution is 0.404. The number of rotatable bonds is 5. The number of nitrogens with one attached hydrogen (secondary N) is 2. The predicted molar refractivity (Wildman–Crippen MR) is 119 cm³/mol. The molecule has 1 aliphatic rings. The molecule has 26 heavy (non-hydrogen) atoms. The van der Waals surface area contributed by atoms with Crippen LogP contribution in [0.5, 0.6) is 5.75 Å². The highest BCUT2D eigenvalue weighted by Crippen LogP contribution is 2.50. The number of hydrogen-bond donors (Lipinski definition) is 2. The fourth-order valence-electron chi connectivity index (χ4n) is 3.25. The van der Waals surface area contributed by atoms with Crippen LogP contribution >= 0.6 is 35.3 Å². The first kappa shape index (κ1) is 21.0. The van der Waals surface area contributed by atoms with E-state index in [9.17, 15) is 0 Å². The summed E-state index contributed by atoms with van der Waals surface area (Å²) in [6.07, 6.45) is 1.06. The Kier molecular flexibility index (Phi) is 6.90. The number of thiazole rings is 1. The Morgan fingerprint density at radius 3 is 2.73 bits per heavy atom. The fourth-order valence-corrected chi connectivity index (χ4v) is 4.13. The summed E-state index contributed by atoms with van der Waals surface area (Å²) in [5.74, 6) is 1.78. The van der Waals surface area contributed by atoms with Crippen molar-refractivity contribution in [2.75, 3.05) is 14.2 Å². The molecule has 0 aliphatic heterocycles. The minimum atomic E-state index is 0. The minimum Gasteiger partial charge on any atom is -0.496 e. The van der Waals surface area contributed by atoms with E-state index in [1.807, 2.05) is 26.1 Å². The molecule has 2 N–H and O–H groups in total. The van der Waals surface area contributed by atoms with Gasteiger partial charge in [-0.05, 0) is 26.3 Å². The molecule has 7 heteroatoms. The molecule has 0 amide bonds. The highest BCUT2D eigenvalue weighted by molar-refractivity contribution is 14.0. The second kappa shape index (κ2) is 8.56. The van der Waals surface area contributed by atoms with Crippen molar-refractivity contribution in [2.45, 2.75) is 45.2 Å². The molecule has 1 saturated carbocycles. The summed E-state index contributed by atoms with van der Waals surface area (Å²) in [5, 5.41) is 8.05. The van der Waals surface area contributed by atoms with Gasteiger partial charge in [0.15, 0.2) is 5.96 Å². The first-order valence-electron chi connectivity index (χ1n) is 8.51. The van der Waals surface area contributed by atoms with Gasteiger partial charge in [-0.1, -0.05) is 25.1 Å². The van der Waals surface area contributed by atoms with Crippen molar-refractivity contribution < 1.29 is 4.74 Å². The van der Waals surface area contributed by atoms with E-state index >= 15 is 0 Å². The van der Waals surface area contributed by atoms with Crippen LogP contribution in [0.2, 0.25) is 0 Å². The Bertz CT molecular complexity index is 792. The van der Waals surface area contributed by atoms with E-state index in [-0.39, 0.29) is 29.4 Å². The molecule has 1 heterocycles. The molecule has 0 spiro atoms. The number of methoxy groups -OCH3 is 1. The van der Waals surface area contributed by atoms with Gasteiger partial charge >= 0.3 is 0 Å². The van der Waals surface area contributed by atoms with Crippen molar-refractivity contribution in [3.8, 4) is 5.75 Å². The topological polar surface area (TPSA) is 58.5 Å². The van der Waals surface area contributed by atoms with Gasteiger partial charge in [-0.15, -0.1) is 35.3 Å². The number of ether oxygens (including phenoxy) is 1. The Hall–Kier alpha value is -1.35. The van der Waals surface area contributed by atoms with Crippen LogP contribution in [-0.2, 0) is 12.0 Å². The van der Waals surface area contributed by atoms with E-state index in [0.29, 0.717) is 6.04 Å².